The number of phenols is 1. The van der Waals surface area contributed by atoms with Crippen LogP contribution in [0.3, 0.4) is 0 Å². The van der Waals surface area contributed by atoms with Gasteiger partial charge in [-0.15, -0.1) is 0 Å². The summed E-state index contributed by atoms with van der Waals surface area (Å²) < 4.78 is 2.10. The normalized spacial score (nSPS) is 11.9. The molecule has 0 unspecified atom stereocenters. The Morgan fingerprint density at radius 2 is 1.62 bits per heavy atom. The summed E-state index contributed by atoms with van der Waals surface area (Å²) in [5.41, 5.74) is 9.13. The van der Waals surface area contributed by atoms with E-state index < -0.39 is 0 Å². The van der Waals surface area contributed by atoms with Crippen LogP contribution in [-0.2, 0) is 18.3 Å². The topological polar surface area (TPSA) is 50.9 Å². The van der Waals surface area contributed by atoms with Crippen molar-refractivity contribution in [1.29, 1.82) is 0 Å². The van der Waals surface area contributed by atoms with Crippen LogP contribution in [0.1, 0.15) is 50.1 Å². The van der Waals surface area contributed by atoms with E-state index >= 15 is 0 Å². The lowest BCUT2D eigenvalue weighted by atomic mass is 9.80. The SMILES string of the molecule is CCc1ccc2c(c1)c1cc(CC)c(-c3cccc(C(C)(C)c4ccccn4)c3)nc1n2-c1ccccc1O. The molecule has 0 bridgehead atoms. The van der Waals surface area contributed by atoms with Gasteiger partial charge >= 0.3 is 0 Å². The van der Waals surface area contributed by atoms with Crippen LogP contribution in [0.2, 0.25) is 0 Å². The van der Waals surface area contributed by atoms with Crippen molar-refractivity contribution in [2.75, 3.05) is 0 Å². The second kappa shape index (κ2) is 9.70. The quantitative estimate of drug-likeness (QED) is 0.244. The molecule has 0 aliphatic heterocycles. The number of aromatic nitrogens is 3. The minimum atomic E-state index is -0.255. The molecule has 0 amide bonds. The fourth-order valence-corrected chi connectivity index (χ4v) is 5.59. The number of hydrogen-bond acceptors (Lipinski definition) is 3. The highest BCUT2D eigenvalue weighted by Gasteiger charge is 2.25. The lowest BCUT2D eigenvalue weighted by molar-refractivity contribution is 0.473. The number of aromatic hydroxyl groups is 1. The second-order valence-electron chi connectivity index (χ2n) is 10.7. The minimum Gasteiger partial charge on any atom is -0.506 e. The summed E-state index contributed by atoms with van der Waals surface area (Å²) >= 11 is 0. The van der Waals surface area contributed by atoms with Crippen LogP contribution in [0.4, 0.5) is 0 Å². The summed E-state index contributed by atoms with van der Waals surface area (Å²) in [5.74, 6) is 0.234. The Morgan fingerprint density at radius 1 is 0.795 bits per heavy atom. The van der Waals surface area contributed by atoms with Crippen molar-refractivity contribution in [2.45, 2.75) is 46.0 Å². The minimum absolute atomic E-state index is 0.234. The summed E-state index contributed by atoms with van der Waals surface area (Å²) in [6.07, 6.45) is 3.68. The van der Waals surface area contributed by atoms with Crippen molar-refractivity contribution in [3.8, 4) is 22.7 Å². The van der Waals surface area contributed by atoms with Gasteiger partial charge in [0.2, 0.25) is 0 Å². The van der Waals surface area contributed by atoms with Gasteiger partial charge in [0, 0.05) is 27.9 Å². The molecule has 6 aromatic rings. The molecule has 0 aliphatic carbocycles. The molecule has 0 radical (unpaired) electrons. The van der Waals surface area contributed by atoms with Crippen LogP contribution in [0.5, 0.6) is 5.75 Å². The van der Waals surface area contributed by atoms with Gasteiger partial charge in [-0.1, -0.05) is 70.2 Å². The van der Waals surface area contributed by atoms with Gasteiger partial charge in [0.15, 0.2) is 0 Å². The highest BCUT2D eigenvalue weighted by Crippen LogP contribution is 2.38. The van der Waals surface area contributed by atoms with Crippen molar-refractivity contribution in [3.05, 3.63) is 120 Å². The molecule has 1 N–H and O–H groups in total. The Kier molecular flexibility index (Phi) is 6.19. The second-order valence-corrected chi connectivity index (χ2v) is 10.7. The maximum Gasteiger partial charge on any atom is 0.146 e. The fourth-order valence-electron chi connectivity index (χ4n) is 5.59. The molecule has 0 saturated heterocycles. The number of pyridine rings is 2. The Bertz CT molecular complexity index is 1820. The third kappa shape index (κ3) is 4.17. The maximum absolute atomic E-state index is 10.9. The third-order valence-corrected chi connectivity index (χ3v) is 7.96. The average molecular weight is 512 g/mol. The molecule has 0 aliphatic rings. The molecule has 39 heavy (non-hydrogen) atoms. The Balaban J connectivity index is 1.62. The number of rotatable bonds is 6. The molecule has 0 fully saturated rings. The average Bonchev–Trinajstić information content (AvgIpc) is 3.29. The summed E-state index contributed by atoms with van der Waals surface area (Å²) in [5, 5.41) is 13.1. The van der Waals surface area contributed by atoms with Gasteiger partial charge < -0.3 is 5.11 Å². The highest BCUT2D eigenvalue weighted by atomic mass is 16.3. The molecular formula is C35H33N3O. The first-order valence-corrected chi connectivity index (χ1v) is 13.7. The zero-order valence-electron chi connectivity index (χ0n) is 22.9. The van der Waals surface area contributed by atoms with Gasteiger partial charge in [0.25, 0.3) is 0 Å². The van der Waals surface area contributed by atoms with E-state index in [1.54, 1.807) is 6.07 Å². The van der Waals surface area contributed by atoms with Crippen molar-refractivity contribution in [2.24, 2.45) is 0 Å². The number of hydrogen-bond donors (Lipinski definition) is 1. The molecule has 3 aromatic carbocycles. The zero-order valence-corrected chi connectivity index (χ0v) is 22.9. The van der Waals surface area contributed by atoms with Gasteiger partial charge in [0.1, 0.15) is 11.4 Å². The van der Waals surface area contributed by atoms with Gasteiger partial charge in [-0.2, -0.15) is 0 Å². The van der Waals surface area contributed by atoms with Gasteiger partial charge in [-0.3, -0.25) is 9.55 Å². The number of para-hydroxylation sites is 2. The van der Waals surface area contributed by atoms with E-state index in [9.17, 15) is 5.11 Å². The Labute approximate surface area is 229 Å². The lowest BCUT2D eigenvalue weighted by Gasteiger charge is -2.25. The van der Waals surface area contributed by atoms with Crippen molar-refractivity contribution < 1.29 is 5.11 Å². The molecule has 0 saturated carbocycles. The molecule has 3 aromatic heterocycles. The van der Waals surface area contributed by atoms with Crippen LogP contribution >= 0.6 is 0 Å². The first-order valence-electron chi connectivity index (χ1n) is 13.7. The van der Waals surface area contributed by atoms with E-state index in [2.05, 4.69) is 91.8 Å². The van der Waals surface area contributed by atoms with Crippen molar-refractivity contribution in [1.82, 2.24) is 14.5 Å². The number of aryl methyl sites for hydroxylation is 2. The molecule has 4 heteroatoms. The number of fused-ring (bicyclic) bond motifs is 3. The van der Waals surface area contributed by atoms with Crippen molar-refractivity contribution >= 4 is 21.9 Å². The molecule has 194 valence electrons. The molecular weight excluding hydrogens is 478 g/mol. The predicted molar refractivity (Wildman–Crippen MR) is 161 cm³/mol. The highest BCUT2D eigenvalue weighted by molar-refractivity contribution is 6.09. The van der Waals surface area contributed by atoms with Crippen LogP contribution < -0.4 is 0 Å². The summed E-state index contributed by atoms with van der Waals surface area (Å²) in [7, 11) is 0. The van der Waals surface area contributed by atoms with E-state index in [0.717, 1.165) is 57.4 Å². The first kappa shape index (κ1) is 24.9. The first-order chi connectivity index (χ1) is 18.9. The van der Waals surface area contributed by atoms with Crippen LogP contribution in [0.15, 0.2) is 97.2 Å². The summed E-state index contributed by atoms with van der Waals surface area (Å²) in [4.78, 5) is 10.0. The van der Waals surface area contributed by atoms with E-state index in [-0.39, 0.29) is 11.2 Å². The van der Waals surface area contributed by atoms with E-state index in [0.29, 0.717) is 0 Å². The number of phenolic OH excluding ortho intramolecular Hbond substituents is 1. The Morgan fingerprint density at radius 3 is 2.36 bits per heavy atom. The maximum atomic E-state index is 10.9. The van der Waals surface area contributed by atoms with Crippen molar-refractivity contribution in [3.63, 3.8) is 0 Å². The molecule has 3 heterocycles. The van der Waals surface area contributed by atoms with E-state index in [4.69, 9.17) is 4.98 Å². The largest absolute Gasteiger partial charge is 0.506 e. The number of nitrogens with zero attached hydrogens (tertiary/aromatic N) is 3. The fraction of sp³-hybridized carbons (Fsp3) is 0.200. The number of benzene rings is 3. The van der Waals surface area contributed by atoms with Crippen LogP contribution in [0, 0.1) is 0 Å². The smallest absolute Gasteiger partial charge is 0.146 e. The lowest BCUT2D eigenvalue weighted by Crippen LogP contribution is -2.20. The third-order valence-electron chi connectivity index (χ3n) is 7.96. The predicted octanol–water partition coefficient (Wildman–Crippen LogP) is 8.40. The van der Waals surface area contributed by atoms with E-state index in [1.165, 1.54) is 16.7 Å². The summed E-state index contributed by atoms with van der Waals surface area (Å²) in [6, 6.07) is 31.2. The monoisotopic (exact) mass is 511 g/mol. The van der Waals surface area contributed by atoms with Gasteiger partial charge in [-0.05, 0) is 78.1 Å². The van der Waals surface area contributed by atoms with Crippen LogP contribution in [-0.4, -0.2) is 19.6 Å². The zero-order chi connectivity index (χ0) is 27.1. The molecule has 0 spiro atoms. The molecule has 0 atom stereocenters. The Hall–Kier alpha value is -4.44. The van der Waals surface area contributed by atoms with Crippen LogP contribution in [0.25, 0.3) is 38.9 Å². The van der Waals surface area contributed by atoms with Gasteiger partial charge in [-0.25, -0.2) is 4.98 Å². The van der Waals surface area contributed by atoms with E-state index in [1.807, 2.05) is 36.5 Å². The molecule has 4 nitrogen and oxygen atoms in total. The summed E-state index contributed by atoms with van der Waals surface area (Å²) in [6.45, 7) is 8.80. The standard InChI is InChI=1S/C35H33N3O/c1-5-23-17-18-29-27(20-23)28-22-24(6-2)33(37-34(28)38(29)30-14-7-8-15-31(30)39)25-12-11-13-26(21-25)35(3,4)32-16-9-10-19-36-32/h7-22,39H,5-6H2,1-4H3. The van der Waals surface area contributed by atoms with Gasteiger partial charge in [0.05, 0.1) is 22.6 Å². The molecule has 6 rings (SSSR count).